The maximum Gasteiger partial charge on any atom is 0.170 e. The first-order valence-electron chi connectivity index (χ1n) is 5.59. The lowest BCUT2D eigenvalue weighted by atomic mass is 10.2. The Balaban J connectivity index is 2.16. The number of aldehydes is 1. The highest BCUT2D eigenvalue weighted by atomic mass is 19.1. The van der Waals surface area contributed by atoms with Crippen LogP contribution in [0.25, 0.3) is 5.69 Å². The molecular formula is C13H11FN2O. The Kier molecular flexibility index (Phi) is 2.28. The molecule has 1 saturated carbocycles. The molecule has 0 amide bonds. The maximum absolute atomic E-state index is 13.7. The van der Waals surface area contributed by atoms with E-state index in [9.17, 15) is 9.18 Å². The average molecular weight is 230 g/mol. The fourth-order valence-electron chi connectivity index (χ4n) is 1.96. The van der Waals surface area contributed by atoms with E-state index in [4.69, 9.17) is 0 Å². The van der Waals surface area contributed by atoms with Gasteiger partial charge in [-0.15, -0.1) is 0 Å². The number of rotatable bonds is 3. The number of carbonyl (C=O) groups excluding carboxylic acids is 1. The molecule has 1 aromatic heterocycles. The summed E-state index contributed by atoms with van der Waals surface area (Å²) in [6, 6.07) is 8.21. The summed E-state index contributed by atoms with van der Waals surface area (Å²) in [5, 5.41) is 4.13. The minimum Gasteiger partial charge on any atom is -0.296 e. The molecule has 1 heterocycles. The van der Waals surface area contributed by atoms with Crippen molar-refractivity contribution < 1.29 is 9.18 Å². The Morgan fingerprint density at radius 1 is 1.35 bits per heavy atom. The number of halogens is 1. The van der Waals surface area contributed by atoms with Gasteiger partial charge >= 0.3 is 0 Å². The largest absolute Gasteiger partial charge is 0.296 e. The molecule has 1 fully saturated rings. The maximum atomic E-state index is 13.7. The normalized spacial score (nSPS) is 14.9. The summed E-state index contributed by atoms with van der Waals surface area (Å²) in [5.74, 6) is 0.0887. The highest BCUT2D eigenvalue weighted by molar-refractivity contribution is 5.72. The zero-order valence-electron chi connectivity index (χ0n) is 9.14. The van der Waals surface area contributed by atoms with Crippen LogP contribution in [0.3, 0.4) is 0 Å². The van der Waals surface area contributed by atoms with Gasteiger partial charge in [-0.05, 0) is 31.0 Å². The van der Waals surface area contributed by atoms with E-state index in [1.165, 1.54) is 6.07 Å². The number of nitrogens with zero attached hydrogens (tertiary/aromatic N) is 2. The lowest BCUT2D eigenvalue weighted by Crippen LogP contribution is -2.03. The van der Waals surface area contributed by atoms with Crippen molar-refractivity contribution in [2.45, 2.75) is 18.8 Å². The number of para-hydroxylation sites is 1. The molecule has 1 aliphatic carbocycles. The molecule has 4 heteroatoms. The summed E-state index contributed by atoms with van der Waals surface area (Å²) in [6.07, 6.45) is 2.86. The van der Waals surface area contributed by atoms with E-state index < -0.39 is 0 Å². The highest BCUT2D eigenvalue weighted by Crippen LogP contribution is 2.41. The van der Waals surface area contributed by atoms with E-state index in [0.29, 0.717) is 23.6 Å². The smallest absolute Gasteiger partial charge is 0.170 e. The lowest BCUT2D eigenvalue weighted by Gasteiger charge is -2.06. The summed E-state index contributed by atoms with van der Waals surface area (Å²) >= 11 is 0. The van der Waals surface area contributed by atoms with Gasteiger partial charge in [-0.2, -0.15) is 5.10 Å². The molecule has 2 aromatic rings. The predicted molar refractivity (Wildman–Crippen MR) is 60.9 cm³/mol. The fourth-order valence-corrected chi connectivity index (χ4v) is 1.96. The van der Waals surface area contributed by atoms with Crippen LogP contribution in [0.5, 0.6) is 0 Å². The third kappa shape index (κ3) is 1.75. The van der Waals surface area contributed by atoms with Crippen molar-refractivity contribution >= 4 is 6.29 Å². The minimum absolute atomic E-state index is 0.324. The van der Waals surface area contributed by atoms with Crippen molar-refractivity contribution in [2.24, 2.45) is 0 Å². The van der Waals surface area contributed by atoms with Crippen molar-refractivity contribution in [3.8, 4) is 5.69 Å². The highest BCUT2D eigenvalue weighted by Gasteiger charge is 2.29. The molecule has 0 bridgehead atoms. The minimum atomic E-state index is -0.324. The van der Waals surface area contributed by atoms with E-state index in [1.807, 2.05) is 0 Å². The van der Waals surface area contributed by atoms with E-state index in [2.05, 4.69) is 5.10 Å². The van der Waals surface area contributed by atoms with Gasteiger partial charge in [-0.3, -0.25) is 4.79 Å². The van der Waals surface area contributed by atoms with Gasteiger partial charge in [0.2, 0.25) is 0 Å². The Bertz CT molecular complexity index is 573. The van der Waals surface area contributed by atoms with E-state index >= 15 is 0 Å². The zero-order valence-corrected chi connectivity index (χ0v) is 9.14. The quantitative estimate of drug-likeness (QED) is 0.760. The molecule has 1 aliphatic rings. The lowest BCUT2D eigenvalue weighted by molar-refractivity contribution is 0.111. The van der Waals surface area contributed by atoms with Gasteiger partial charge in [0.1, 0.15) is 17.2 Å². The summed E-state index contributed by atoms with van der Waals surface area (Å²) < 4.78 is 15.3. The van der Waals surface area contributed by atoms with Gasteiger partial charge < -0.3 is 0 Å². The zero-order chi connectivity index (χ0) is 11.8. The number of benzene rings is 1. The van der Waals surface area contributed by atoms with Crippen molar-refractivity contribution in [2.75, 3.05) is 0 Å². The van der Waals surface area contributed by atoms with Crippen molar-refractivity contribution in [3.05, 3.63) is 47.5 Å². The summed E-state index contributed by atoms with van der Waals surface area (Å²) in [4.78, 5) is 10.8. The molecule has 0 atom stereocenters. The first kappa shape index (κ1) is 10.2. The predicted octanol–water partition coefficient (Wildman–Crippen LogP) is 2.70. The van der Waals surface area contributed by atoms with Gasteiger partial charge in [-0.25, -0.2) is 9.07 Å². The molecule has 86 valence electrons. The summed E-state index contributed by atoms with van der Waals surface area (Å²) in [7, 11) is 0. The standard InChI is InChI=1S/C13H11FN2O/c14-11-3-1-2-4-12(11)16-13(9-5-6-9)7-10(8-17)15-16/h1-4,7-9H,5-6H2. The Morgan fingerprint density at radius 3 is 2.76 bits per heavy atom. The second-order valence-corrected chi connectivity index (χ2v) is 4.25. The van der Waals surface area contributed by atoms with Gasteiger partial charge in [-0.1, -0.05) is 12.1 Å². The third-order valence-electron chi connectivity index (χ3n) is 2.95. The van der Waals surface area contributed by atoms with Crippen LogP contribution >= 0.6 is 0 Å². The monoisotopic (exact) mass is 230 g/mol. The molecule has 3 rings (SSSR count). The van der Waals surface area contributed by atoms with Gasteiger partial charge in [0, 0.05) is 11.6 Å². The Labute approximate surface area is 97.9 Å². The van der Waals surface area contributed by atoms with Crippen LogP contribution < -0.4 is 0 Å². The first-order valence-corrected chi connectivity index (χ1v) is 5.59. The van der Waals surface area contributed by atoms with Crippen LogP contribution in [0, 0.1) is 5.82 Å². The molecule has 0 aliphatic heterocycles. The SMILES string of the molecule is O=Cc1cc(C2CC2)n(-c2ccccc2F)n1. The van der Waals surface area contributed by atoms with E-state index in [1.54, 1.807) is 28.9 Å². The molecule has 0 saturated heterocycles. The van der Waals surface area contributed by atoms with E-state index in [0.717, 1.165) is 18.5 Å². The number of carbonyl (C=O) groups is 1. The molecule has 0 unspecified atom stereocenters. The van der Waals surface area contributed by atoms with Crippen LogP contribution in [0.1, 0.15) is 34.9 Å². The topological polar surface area (TPSA) is 34.9 Å². The van der Waals surface area contributed by atoms with Crippen LogP contribution in [-0.4, -0.2) is 16.1 Å². The van der Waals surface area contributed by atoms with Crippen LogP contribution in [-0.2, 0) is 0 Å². The van der Waals surface area contributed by atoms with Crippen LogP contribution in [0.15, 0.2) is 30.3 Å². The third-order valence-corrected chi connectivity index (χ3v) is 2.95. The van der Waals surface area contributed by atoms with Crippen LogP contribution in [0.4, 0.5) is 4.39 Å². The van der Waals surface area contributed by atoms with Gasteiger partial charge in [0.15, 0.2) is 6.29 Å². The van der Waals surface area contributed by atoms with Gasteiger partial charge in [0.25, 0.3) is 0 Å². The summed E-state index contributed by atoms with van der Waals surface area (Å²) in [5.41, 5.74) is 1.69. The van der Waals surface area contributed by atoms with Crippen LogP contribution in [0.2, 0.25) is 0 Å². The van der Waals surface area contributed by atoms with E-state index in [-0.39, 0.29) is 5.82 Å². The Morgan fingerprint density at radius 2 is 2.12 bits per heavy atom. The number of hydrogen-bond acceptors (Lipinski definition) is 2. The second kappa shape index (κ2) is 3.80. The molecule has 17 heavy (non-hydrogen) atoms. The molecule has 0 N–H and O–H groups in total. The van der Waals surface area contributed by atoms with Crippen molar-refractivity contribution in [1.29, 1.82) is 0 Å². The number of aromatic nitrogens is 2. The summed E-state index contributed by atoms with van der Waals surface area (Å²) in [6.45, 7) is 0. The molecule has 0 radical (unpaired) electrons. The fraction of sp³-hybridized carbons (Fsp3) is 0.231. The molecule has 0 spiro atoms. The first-order chi connectivity index (χ1) is 8.29. The second-order valence-electron chi connectivity index (χ2n) is 4.25. The Hall–Kier alpha value is -1.97. The average Bonchev–Trinajstić information content (AvgIpc) is 3.10. The molecule has 3 nitrogen and oxygen atoms in total. The van der Waals surface area contributed by atoms with Crippen molar-refractivity contribution in [1.82, 2.24) is 9.78 Å². The number of hydrogen-bond donors (Lipinski definition) is 0. The molecular weight excluding hydrogens is 219 g/mol. The molecule has 1 aromatic carbocycles. The van der Waals surface area contributed by atoms with Gasteiger partial charge in [0.05, 0.1) is 0 Å². The van der Waals surface area contributed by atoms with Crippen molar-refractivity contribution in [3.63, 3.8) is 0 Å².